The summed E-state index contributed by atoms with van der Waals surface area (Å²) in [5, 5.41) is 0. The molecular formula is C22H28N4O2. The van der Waals surface area contributed by atoms with Gasteiger partial charge in [0.05, 0.1) is 24.1 Å². The molecular weight excluding hydrogens is 352 g/mol. The SMILES string of the molecule is Cc1cnc(Cn2ccc(C)c(C(=O)N3CC[C@@H]4CCCC[C@H]4C3)c2=O)cn1. The van der Waals surface area contributed by atoms with E-state index in [9.17, 15) is 9.59 Å². The van der Waals surface area contributed by atoms with Crippen molar-refractivity contribution in [2.75, 3.05) is 13.1 Å². The number of amides is 1. The number of hydrogen-bond donors (Lipinski definition) is 0. The summed E-state index contributed by atoms with van der Waals surface area (Å²) in [6.45, 7) is 5.59. The Hall–Kier alpha value is -2.50. The minimum Gasteiger partial charge on any atom is -0.338 e. The average Bonchev–Trinajstić information content (AvgIpc) is 2.71. The Labute approximate surface area is 165 Å². The highest BCUT2D eigenvalue weighted by atomic mass is 16.2. The molecule has 2 aromatic rings. The van der Waals surface area contributed by atoms with E-state index in [0.29, 0.717) is 23.7 Å². The molecule has 0 radical (unpaired) electrons. The highest BCUT2D eigenvalue weighted by Crippen LogP contribution is 2.36. The molecule has 1 amide bonds. The van der Waals surface area contributed by atoms with Crippen LogP contribution in [0.25, 0.3) is 0 Å². The Bertz CT molecular complexity index is 919. The number of aromatic nitrogens is 3. The fraction of sp³-hybridized carbons (Fsp3) is 0.545. The summed E-state index contributed by atoms with van der Waals surface area (Å²) in [6.07, 6.45) is 11.3. The number of fused-ring (bicyclic) bond motifs is 1. The molecule has 148 valence electrons. The largest absolute Gasteiger partial charge is 0.338 e. The first kappa shape index (κ1) is 18.8. The van der Waals surface area contributed by atoms with Gasteiger partial charge in [-0.3, -0.25) is 19.6 Å². The molecule has 1 saturated heterocycles. The number of carbonyl (C=O) groups excluding carboxylic acids is 1. The smallest absolute Gasteiger partial charge is 0.264 e. The summed E-state index contributed by atoms with van der Waals surface area (Å²) >= 11 is 0. The van der Waals surface area contributed by atoms with E-state index in [4.69, 9.17) is 0 Å². The Morgan fingerprint density at radius 3 is 2.64 bits per heavy atom. The van der Waals surface area contributed by atoms with E-state index < -0.39 is 0 Å². The van der Waals surface area contributed by atoms with Crippen molar-refractivity contribution in [3.63, 3.8) is 0 Å². The molecule has 2 aliphatic rings. The van der Waals surface area contributed by atoms with Crippen LogP contribution in [0.5, 0.6) is 0 Å². The molecule has 0 aromatic carbocycles. The van der Waals surface area contributed by atoms with Crippen molar-refractivity contribution in [1.82, 2.24) is 19.4 Å². The second-order valence-electron chi connectivity index (χ2n) is 8.30. The van der Waals surface area contributed by atoms with Crippen molar-refractivity contribution in [2.24, 2.45) is 11.8 Å². The van der Waals surface area contributed by atoms with Crippen molar-refractivity contribution in [3.8, 4) is 0 Å². The number of hydrogen-bond acceptors (Lipinski definition) is 4. The van der Waals surface area contributed by atoms with Gasteiger partial charge in [-0.05, 0) is 50.2 Å². The molecule has 0 bridgehead atoms. The molecule has 2 fully saturated rings. The second-order valence-corrected chi connectivity index (χ2v) is 8.30. The molecule has 2 aromatic heterocycles. The van der Waals surface area contributed by atoms with Crippen molar-refractivity contribution in [3.05, 3.63) is 57.5 Å². The number of aryl methyl sites for hydroxylation is 2. The molecule has 1 saturated carbocycles. The highest BCUT2D eigenvalue weighted by Gasteiger charge is 2.34. The summed E-state index contributed by atoms with van der Waals surface area (Å²) in [4.78, 5) is 36.8. The maximum atomic E-state index is 13.2. The van der Waals surface area contributed by atoms with Crippen LogP contribution in [0.4, 0.5) is 0 Å². The summed E-state index contributed by atoms with van der Waals surface area (Å²) in [6, 6.07) is 1.85. The Kier molecular flexibility index (Phi) is 5.29. The predicted molar refractivity (Wildman–Crippen MR) is 107 cm³/mol. The molecule has 28 heavy (non-hydrogen) atoms. The van der Waals surface area contributed by atoms with Crippen LogP contribution in [0.2, 0.25) is 0 Å². The summed E-state index contributed by atoms with van der Waals surface area (Å²) in [5.74, 6) is 1.24. The van der Waals surface area contributed by atoms with E-state index in [2.05, 4.69) is 9.97 Å². The Morgan fingerprint density at radius 2 is 1.89 bits per heavy atom. The number of nitrogens with zero attached hydrogens (tertiary/aromatic N) is 4. The van der Waals surface area contributed by atoms with Crippen LogP contribution in [-0.2, 0) is 6.54 Å². The van der Waals surface area contributed by atoms with Crippen LogP contribution in [0.15, 0.2) is 29.5 Å². The van der Waals surface area contributed by atoms with Crippen LogP contribution in [0.3, 0.4) is 0 Å². The van der Waals surface area contributed by atoms with E-state index in [0.717, 1.165) is 36.7 Å². The summed E-state index contributed by atoms with van der Waals surface area (Å²) in [5.41, 5.74) is 2.35. The first-order valence-electron chi connectivity index (χ1n) is 10.3. The van der Waals surface area contributed by atoms with Crippen LogP contribution in [-0.4, -0.2) is 38.4 Å². The molecule has 6 nitrogen and oxygen atoms in total. The summed E-state index contributed by atoms with van der Waals surface area (Å²) in [7, 11) is 0. The summed E-state index contributed by atoms with van der Waals surface area (Å²) < 4.78 is 1.56. The zero-order valence-corrected chi connectivity index (χ0v) is 16.7. The standard InChI is InChI=1S/C22H28N4O2/c1-15-7-9-26(14-19-12-23-16(2)11-24-19)22(28)20(15)21(27)25-10-8-17-5-3-4-6-18(17)13-25/h7,9,11-12,17-18H,3-6,8,10,13-14H2,1-2H3/t17-,18-/m0/s1. The van der Waals surface area contributed by atoms with Gasteiger partial charge in [0.15, 0.2) is 0 Å². The van der Waals surface area contributed by atoms with Gasteiger partial charge in [0, 0.05) is 25.5 Å². The second kappa shape index (κ2) is 7.86. The Balaban J connectivity index is 1.57. The topological polar surface area (TPSA) is 68.1 Å². The maximum absolute atomic E-state index is 13.2. The van der Waals surface area contributed by atoms with Gasteiger partial charge in [0.2, 0.25) is 0 Å². The fourth-order valence-electron chi connectivity index (χ4n) is 4.67. The molecule has 0 N–H and O–H groups in total. The third kappa shape index (κ3) is 3.73. The lowest BCUT2D eigenvalue weighted by molar-refractivity contribution is 0.0518. The molecule has 4 rings (SSSR count). The van der Waals surface area contributed by atoms with Crippen LogP contribution < -0.4 is 5.56 Å². The van der Waals surface area contributed by atoms with Crippen molar-refractivity contribution in [2.45, 2.75) is 52.5 Å². The van der Waals surface area contributed by atoms with E-state index in [1.54, 1.807) is 23.2 Å². The third-order valence-corrected chi connectivity index (χ3v) is 6.33. The average molecular weight is 380 g/mol. The Morgan fingerprint density at radius 1 is 1.11 bits per heavy atom. The number of rotatable bonds is 3. The molecule has 2 atom stereocenters. The van der Waals surface area contributed by atoms with Gasteiger partial charge in [-0.15, -0.1) is 0 Å². The van der Waals surface area contributed by atoms with Gasteiger partial charge >= 0.3 is 0 Å². The minimum atomic E-state index is -0.238. The predicted octanol–water partition coefficient (Wildman–Crippen LogP) is 2.96. The highest BCUT2D eigenvalue weighted by molar-refractivity contribution is 5.95. The quantitative estimate of drug-likeness (QED) is 0.821. The number of piperidine rings is 1. The molecule has 1 aliphatic heterocycles. The van der Waals surface area contributed by atoms with E-state index in [1.165, 1.54) is 25.7 Å². The first-order valence-corrected chi connectivity index (χ1v) is 10.3. The van der Waals surface area contributed by atoms with Gasteiger partial charge in [-0.1, -0.05) is 19.3 Å². The van der Waals surface area contributed by atoms with Crippen LogP contribution >= 0.6 is 0 Å². The normalized spacial score (nSPS) is 22.0. The molecule has 0 spiro atoms. The molecule has 6 heteroatoms. The van der Waals surface area contributed by atoms with E-state index >= 15 is 0 Å². The van der Waals surface area contributed by atoms with Crippen molar-refractivity contribution in [1.29, 1.82) is 0 Å². The van der Waals surface area contributed by atoms with Crippen molar-refractivity contribution >= 4 is 5.91 Å². The van der Waals surface area contributed by atoms with E-state index in [1.807, 2.05) is 24.8 Å². The zero-order chi connectivity index (χ0) is 19.7. The maximum Gasteiger partial charge on any atom is 0.264 e. The first-order chi connectivity index (χ1) is 13.5. The van der Waals surface area contributed by atoms with Gasteiger partial charge < -0.3 is 9.47 Å². The third-order valence-electron chi connectivity index (χ3n) is 6.33. The van der Waals surface area contributed by atoms with Gasteiger partial charge in [-0.25, -0.2) is 0 Å². The zero-order valence-electron chi connectivity index (χ0n) is 16.7. The van der Waals surface area contributed by atoms with E-state index in [-0.39, 0.29) is 11.5 Å². The van der Waals surface area contributed by atoms with Gasteiger partial charge in [0.25, 0.3) is 11.5 Å². The number of carbonyl (C=O) groups is 1. The lowest BCUT2D eigenvalue weighted by atomic mass is 9.75. The molecule has 1 aliphatic carbocycles. The monoisotopic (exact) mass is 380 g/mol. The molecule has 3 heterocycles. The minimum absolute atomic E-state index is 0.115. The fourth-order valence-corrected chi connectivity index (χ4v) is 4.67. The van der Waals surface area contributed by atoms with Crippen LogP contribution in [0.1, 0.15) is 59.4 Å². The lowest BCUT2D eigenvalue weighted by Crippen LogP contribution is -2.46. The lowest BCUT2D eigenvalue weighted by Gasteiger charge is -2.41. The number of pyridine rings is 1. The number of likely N-dealkylation sites (tertiary alicyclic amines) is 1. The van der Waals surface area contributed by atoms with Crippen LogP contribution in [0, 0.1) is 25.7 Å². The van der Waals surface area contributed by atoms with Gasteiger partial charge in [0.1, 0.15) is 5.56 Å². The van der Waals surface area contributed by atoms with Crippen molar-refractivity contribution < 1.29 is 4.79 Å². The van der Waals surface area contributed by atoms with Gasteiger partial charge in [-0.2, -0.15) is 0 Å². The molecule has 0 unspecified atom stereocenters.